The van der Waals surface area contributed by atoms with Crippen molar-refractivity contribution in [2.24, 2.45) is 0 Å². The molecule has 0 aromatic heterocycles. The van der Waals surface area contributed by atoms with Gasteiger partial charge in [-0.05, 0) is 31.4 Å². The second-order valence-electron chi connectivity index (χ2n) is 4.08. The molecule has 1 aromatic carbocycles. The monoisotopic (exact) mass is 235 g/mol. The van der Waals surface area contributed by atoms with Crippen LogP contribution in [-0.2, 0) is 11.2 Å². The van der Waals surface area contributed by atoms with Crippen molar-refractivity contribution in [2.45, 2.75) is 25.7 Å². The van der Waals surface area contributed by atoms with Crippen molar-refractivity contribution in [3.8, 4) is 11.5 Å². The van der Waals surface area contributed by atoms with E-state index >= 15 is 0 Å². The lowest BCUT2D eigenvalue weighted by Crippen LogP contribution is -2.15. The van der Waals surface area contributed by atoms with Crippen LogP contribution in [0.3, 0.4) is 0 Å². The third-order valence-corrected chi connectivity index (χ3v) is 3.00. The number of carbonyl (C=O) groups is 1. The lowest BCUT2D eigenvalue weighted by molar-refractivity contribution is -0.116. The smallest absolute Gasteiger partial charge is 0.224 e. The van der Waals surface area contributed by atoms with Crippen molar-refractivity contribution in [3.05, 3.63) is 17.7 Å². The molecule has 0 unspecified atom stereocenters. The Morgan fingerprint density at radius 1 is 1.12 bits per heavy atom. The zero-order chi connectivity index (χ0) is 12.3. The normalized spacial score (nSPS) is 15.3. The molecule has 2 rings (SSSR count). The SMILES string of the molecule is COc1ccc2c(c1OC)CCCCC(=O)N2. The molecule has 0 aliphatic carbocycles. The Hall–Kier alpha value is -1.71. The van der Waals surface area contributed by atoms with E-state index in [0.29, 0.717) is 12.2 Å². The zero-order valence-electron chi connectivity index (χ0n) is 10.2. The first-order chi connectivity index (χ1) is 8.26. The molecule has 1 amide bonds. The highest BCUT2D eigenvalue weighted by Gasteiger charge is 2.18. The van der Waals surface area contributed by atoms with Crippen LogP contribution in [0, 0.1) is 0 Å². The summed E-state index contributed by atoms with van der Waals surface area (Å²) in [4.78, 5) is 11.6. The van der Waals surface area contributed by atoms with Gasteiger partial charge in [-0.25, -0.2) is 0 Å². The van der Waals surface area contributed by atoms with Crippen molar-refractivity contribution in [2.75, 3.05) is 19.5 Å². The number of methoxy groups -OCH3 is 2. The maximum atomic E-state index is 11.6. The van der Waals surface area contributed by atoms with Crippen molar-refractivity contribution in [1.29, 1.82) is 0 Å². The summed E-state index contributed by atoms with van der Waals surface area (Å²) in [5.74, 6) is 1.51. The van der Waals surface area contributed by atoms with Crippen molar-refractivity contribution in [1.82, 2.24) is 0 Å². The number of anilines is 1. The van der Waals surface area contributed by atoms with Gasteiger partial charge in [0.05, 0.1) is 14.2 Å². The van der Waals surface area contributed by atoms with E-state index < -0.39 is 0 Å². The maximum absolute atomic E-state index is 11.6. The molecular formula is C13H17NO3. The van der Waals surface area contributed by atoms with E-state index in [2.05, 4.69) is 5.32 Å². The number of benzene rings is 1. The molecule has 0 bridgehead atoms. The van der Waals surface area contributed by atoms with Crippen LogP contribution in [0.2, 0.25) is 0 Å². The fourth-order valence-electron chi connectivity index (χ4n) is 2.16. The number of amides is 1. The molecule has 0 atom stereocenters. The summed E-state index contributed by atoms with van der Waals surface area (Å²) >= 11 is 0. The number of ether oxygens (including phenoxy) is 2. The van der Waals surface area contributed by atoms with Gasteiger partial charge in [-0.1, -0.05) is 0 Å². The molecule has 1 aliphatic heterocycles. The molecular weight excluding hydrogens is 218 g/mol. The van der Waals surface area contributed by atoms with Gasteiger partial charge in [0.2, 0.25) is 5.91 Å². The molecule has 0 fully saturated rings. The number of fused-ring (bicyclic) bond motifs is 1. The molecule has 1 aliphatic rings. The second-order valence-corrected chi connectivity index (χ2v) is 4.08. The average molecular weight is 235 g/mol. The van der Waals surface area contributed by atoms with E-state index in [1.807, 2.05) is 12.1 Å². The summed E-state index contributed by atoms with van der Waals surface area (Å²) in [5, 5.41) is 2.91. The van der Waals surface area contributed by atoms with Gasteiger partial charge in [0.25, 0.3) is 0 Å². The van der Waals surface area contributed by atoms with Gasteiger partial charge >= 0.3 is 0 Å². The first-order valence-electron chi connectivity index (χ1n) is 5.80. The highest BCUT2D eigenvalue weighted by Crippen LogP contribution is 2.37. The van der Waals surface area contributed by atoms with Gasteiger partial charge in [-0.2, -0.15) is 0 Å². The van der Waals surface area contributed by atoms with Crippen LogP contribution in [0.4, 0.5) is 5.69 Å². The molecule has 1 aromatic rings. The van der Waals surface area contributed by atoms with E-state index in [1.165, 1.54) is 0 Å². The van der Waals surface area contributed by atoms with Gasteiger partial charge in [0.15, 0.2) is 11.5 Å². The minimum absolute atomic E-state index is 0.0677. The molecule has 1 heterocycles. The van der Waals surface area contributed by atoms with Crippen LogP contribution in [0.25, 0.3) is 0 Å². The number of hydrogen-bond donors (Lipinski definition) is 1. The van der Waals surface area contributed by atoms with Crippen molar-refractivity contribution in [3.63, 3.8) is 0 Å². The first kappa shape index (κ1) is 11.8. The second kappa shape index (κ2) is 5.08. The van der Waals surface area contributed by atoms with Crippen molar-refractivity contribution < 1.29 is 14.3 Å². The van der Waals surface area contributed by atoms with Gasteiger partial charge in [-0.3, -0.25) is 4.79 Å². The molecule has 0 spiro atoms. The molecule has 0 saturated heterocycles. The molecule has 4 nitrogen and oxygen atoms in total. The molecule has 4 heteroatoms. The minimum atomic E-state index is 0.0677. The van der Waals surface area contributed by atoms with Crippen LogP contribution >= 0.6 is 0 Å². The van der Waals surface area contributed by atoms with E-state index in [0.717, 1.165) is 36.3 Å². The van der Waals surface area contributed by atoms with Crippen LogP contribution in [0.1, 0.15) is 24.8 Å². The lowest BCUT2D eigenvalue weighted by atomic mass is 10.0. The zero-order valence-corrected chi connectivity index (χ0v) is 10.2. The quantitative estimate of drug-likeness (QED) is 0.856. The molecule has 92 valence electrons. The minimum Gasteiger partial charge on any atom is -0.493 e. The number of hydrogen-bond acceptors (Lipinski definition) is 3. The lowest BCUT2D eigenvalue weighted by Gasteiger charge is -2.19. The Bertz CT molecular complexity index is 429. The molecule has 0 radical (unpaired) electrons. The summed E-state index contributed by atoms with van der Waals surface area (Å²) in [6.45, 7) is 0. The largest absolute Gasteiger partial charge is 0.493 e. The van der Waals surface area contributed by atoms with Gasteiger partial charge in [0.1, 0.15) is 0 Å². The molecule has 17 heavy (non-hydrogen) atoms. The molecule has 1 N–H and O–H groups in total. The highest BCUT2D eigenvalue weighted by molar-refractivity contribution is 5.92. The van der Waals surface area contributed by atoms with Crippen LogP contribution < -0.4 is 14.8 Å². The third-order valence-electron chi connectivity index (χ3n) is 3.00. The summed E-state index contributed by atoms with van der Waals surface area (Å²) in [5.41, 5.74) is 1.87. The average Bonchev–Trinajstić information content (AvgIpc) is 2.32. The Morgan fingerprint density at radius 3 is 2.59 bits per heavy atom. The van der Waals surface area contributed by atoms with Gasteiger partial charge in [-0.15, -0.1) is 0 Å². The Morgan fingerprint density at radius 2 is 1.88 bits per heavy atom. The maximum Gasteiger partial charge on any atom is 0.224 e. The standard InChI is InChI=1S/C13H17NO3/c1-16-11-8-7-10-9(13(11)17-2)5-3-4-6-12(15)14-10/h7-8H,3-6H2,1-2H3,(H,14,15). The van der Waals surface area contributed by atoms with Crippen LogP contribution in [0.5, 0.6) is 11.5 Å². The number of nitrogens with one attached hydrogen (secondary N) is 1. The first-order valence-corrected chi connectivity index (χ1v) is 5.80. The fourth-order valence-corrected chi connectivity index (χ4v) is 2.16. The third kappa shape index (κ3) is 2.35. The number of carbonyl (C=O) groups excluding carboxylic acids is 1. The summed E-state index contributed by atoms with van der Waals surface area (Å²) in [6.07, 6.45) is 3.39. The predicted octanol–water partition coefficient (Wildman–Crippen LogP) is 2.37. The molecule has 0 saturated carbocycles. The van der Waals surface area contributed by atoms with Gasteiger partial charge < -0.3 is 14.8 Å². The van der Waals surface area contributed by atoms with E-state index in [4.69, 9.17) is 9.47 Å². The summed E-state index contributed by atoms with van der Waals surface area (Å²) in [6, 6.07) is 3.69. The Labute approximate surface area is 101 Å². The van der Waals surface area contributed by atoms with E-state index in [-0.39, 0.29) is 5.91 Å². The number of rotatable bonds is 2. The Balaban J connectivity index is 2.46. The summed E-state index contributed by atoms with van der Waals surface area (Å²) in [7, 11) is 3.24. The highest BCUT2D eigenvalue weighted by atomic mass is 16.5. The van der Waals surface area contributed by atoms with Crippen LogP contribution in [0.15, 0.2) is 12.1 Å². The van der Waals surface area contributed by atoms with Crippen molar-refractivity contribution >= 4 is 11.6 Å². The van der Waals surface area contributed by atoms with E-state index in [9.17, 15) is 4.79 Å². The summed E-state index contributed by atoms with van der Waals surface area (Å²) < 4.78 is 10.7. The fraction of sp³-hybridized carbons (Fsp3) is 0.462. The Kier molecular flexibility index (Phi) is 3.52. The van der Waals surface area contributed by atoms with E-state index in [1.54, 1.807) is 14.2 Å². The van der Waals surface area contributed by atoms with Crippen LogP contribution in [-0.4, -0.2) is 20.1 Å². The predicted molar refractivity (Wildman–Crippen MR) is 65.7 cm³/mol. The topological polar surface area (TPSA) is 47.6 Å². The van der Waals surface area contributed by atoms with Gasteiger partial charge in [0, 0.05) is 17.7 Å².